The van der Waals surface area contributed by atoms with E-state index in [4.69, 9.17) is 9.47 Å². The Morgan fingerprint density at radius 1 is 1.07 bits per heavy atom. The first-order chi connectivity index (χ1) is 12.8. The van der Waals surface area contributed by atoms with Crippen molar-refractivity contribution in [1.29, 1.82) is 0 Å². The molecular formula is C22H28BrNO3. The summed E-state index contributed by atoms with van der Waals surface area (Å²) in [6, 6.07) is 13.5. The third-order valence-electron chi connectivity index (χ3n) is 4.05. The Morgan fingerprint density at radius 2 is 1.78 bits per heavy atom. The summed E-state index contributed by atoms with van der Waals surface area (Å²) < 4.78 is 12.1. The lowest BCUT2D eigenvalue weighted by atomic mass is 9.87. The van der Waals surface area contributed by atoms with Crippen molar-refractivity contribution in [3.8, 4) is 11.5 Å². The molecular weight excluding hydrogens is 406 g/mol. The van der Waals surface area contributed by atoms with Crippen molar-refractivity contribution >= 4 is 27.5 Å². The van der Waals surface area contributed by atoms with Crippen LogP contribution in [0.1, 0.15) is 46.1 Å². The molecule has 0 fully saturated rings. The number of nitrogens with one attached hydrogen (secondary N) is 1. The van der Waals surface area contributed by atoms with Crippen LogP contribution >= 0.6 is 15.9 Å². The van der Waals surface area contributed by atoms with Crippen LogP contribution in [-0.2, 0) is 10.2 Å². The molecule has 5 heteroatoms. The number of ether oxygens (including phenoxy) is 2. The van der Waals surface area contributed by atoms with Gasteiger partial charge in [-0.05, 0) is 76.7 Å². The summed E-state index contributed by atoms with van der Waals surface area (Å²) in [4.78, 5) is 12.0. The predicted molar refractivity (Wildman–Crippen MR) is 114 cm³/mol. The van der Waals surface area contributed by atoms with Crippen molar-refractivity contribution in [2.24, 2.45) is 0 Å². The molecule has 0 aliphatic rings. The molecule has 0 bridgehead atoms. The molecule has 0 saturated carbocycles. The monoisotopic (exact) mass is 433 g/mol. The molecule has 2 aromatic carbocycles. The number of hydrogen-bond acceptors (Lipinski definition) is 3. The first-order valence-electron chi connectivity index (χ1n) is 9.25. The van der Waals surface area contributed by atoms with Gasteiger partial charge >= 0.3 is 0 Å². The fraction of sp³-hybridized carbons (Fsp3) is 0.409. The van der Waals surface area contributed by atoms with Gasteiger partial charge in [0.25, 0.3) is 0 Å². The van der Waals surface area contributed by atoms with Crippen LogP contribution in [0.4, 0.5) is 5.69 Å². The first-order valence-corrected chi connectivity index (χ1v) is 10.0. The minimum atomic E-state index is -0.0232. The Bertz CT molecular complexity index is 751. The highest BCUT2D eigenvalue weighted by Gasteiger charge is 2.15. The molecule has 146 valence electrons. The zero-order valence-corrected chi connectivity index (χ0v) is 18.1. The Morgan fingerprint density at radius 3 is 2.37 bits per heavy atom. The van der Waals surface area contributed by atoms with Gasteiger partial charge in [0.05, 0.1) is 17.7 Å². The van der Waals surface area contributed by atoms with Crippen molar-refractivity contribution < 1.29 is 14.3 Å². The highest BCUT2D eigenvalue weighted by atomic mass is 79.9. The SMILES string of the molecule is CCOc1ccc(NC(=O)CCCOc2ccc(C(C)(C)C)cc2Br)cc1. The molecule has 0 aromatic heterocycles. The maximum absolute atomic E-state index is 12.0. The van der Waals surface area contributed by atoms with E-state index < -0.39 is 0 Å². The first kappa shape index (κ1) is 21.3. The number of carbonyl (C=O) groups excluding carboxylic acids is 1. The van der Waals surface area contributed by atoms with Crippen LogP contribution in [0.3, 0.4) is 0 Å². The molecule has 27 heavy (non-hydrogen) atoms. The molecule has 0 radical (unpaired) electrons. The lowest BCUT2D eigenvalue weighted by Crippen LogP contribution is -2.13. The van der Waals surface area contributed by atoms with E-state index in [-0.39, 0.29) is 11.3 Å². The number of anilines is 1. The van der Waals surface area contributed by atoms with Gasteiger partial charge in [-0.2, -0.15) is 0 Å². The second-order valence-corrected chi connectivity index (χ2v) is 8.21. The molecule has 0 aliphatic heterocycles. The van der Waals surface area contributed by atoms with Crippen molar-refractivity contribution in [3.63, 3.8) is 0 Å². The van der Waals surface area contributed by atoms with Crippen LogP contribution in [0, 0.1) is 0 Å². The van der Waals surface area contributed by atoms with Gasteiger partial charge in [0.2, 0.25) is 5.91 Å². The standard InChI is InChI=1S/C22H28BrNO3/c1-5-26-18-11-9-17(10-12-18)24-21(25)7-6-14-27-20-13-8-16(15-19(20)23)22(2,3)4/h8-13,15H,5-7,14H2,1-4H3,(H,24,25). The summed E-state index contributed by atoms with van der Waals surface area (Å²) in [5.41, 5.74) is 2.11. The lowest BCUT2D eigenvalue weighted by molar-refractivity contribution is -0.116. The summed E-state index contributed by atoms with van der Waals surface area (Å²) in [6.45, 7) is 9.59. The number of carbonyl (C=O) groups is 1. The summed E-state index contributed by atoms with van der Waals surface area (Å²) in [7, 11) is 0. The van der Waals surface area contributed by atoms with Gasteiger partial charge in [-0.15, -0.1) is 0 Å². The highest BCUT2D eigenvalue weighted by Crippen LogP contribution is 2.31. The average molecular weight is 434 g/mol. The van der Waals surface area contributed by atoms with Crippen molar-refractivity contribution in [2.45, 2.75) is 46.0 Å². The Hall–Kier alpha value is -2.01. The van der Waals surface area contributed by atoms with E-state index in [1.807, 2.05) is 37.3 Å². The Kier molecular flexibility index (Phi) is 7.72. The minimum Gasteiger partial charge on any atom is -0.494 e. The van der Waals surface area contributed by atoms with E-state index in [0.717, 1.165) is 21.7 Å². The molecule has 2 aromatic rings. The third kappa shape index (κ3) is 6.90. The van der Waals surface area contributed by atoms with Gasteiger partial charge in [-0.3, -0.25) is 4.79 Å². The second-order valence-electron chi connectivity index (χ2n) is 7.35. The smallest absolute Gasteiger partial charge is 0.224 e. The zero-order chi connectivity index (χ0) is 19.9. The van der Waals surface area contributed by atoms with E-state index >= 15 is 0 Å². The summed E-state index contributed by atoms with van der Waals surface area (Å²) in [5, 5.41) is 2.89. The van der Waals surface area contributed by atoms with Crippen LogP contribution < -0.4 is 14.8 Å². The van der Waals surface area contributed by atoms with E-state index in [2.05, 4.69) is 54.2 Å². The average Bonchev–Trinajstić information content (AvgIpc) is 2.61. The number of hydrogen-bond donors (Lipinski definition) is 1. The number of halogens is 1. The van der Waals surface area contributed by atoms with E-state index in [0.29, 0.717) is 26.1 Å². The maximum Gasteiger partial charge on any atom is 0.224 e. The summed E-state index contributed by atoms with van der Waals surface area (Å²) >= 11 is 3.57. The molecule has 0 atom stereocenters. The molecule has 0 saturated heterocycles. The molecule has 4 nitrogen and oxygen atoms in total. The summed E-state index contributed by atoms with van der Waals surface area (Å²) in [5.74, 6) is 1.58. The lowest BCUT2D eigenvalue weighted by Gasteiger charge is -2.20. The number of benzene rings is 2. The molecule has 0 aliphatic carbocycles. The van der Waals surface area contributed by atoms with Gasteiger partial charge in [0.1, 0.15) is 11.5 Å². The predicted octanol–water partition coefficient (Wildman–Crippen LogP) is 5.94. The number of amides is 1. The van der Waals surface area contributed by atoms with Gasteiger partial charge in [-0.25, -0.2) is 0 Å². The molecule has 0 heterocycles. The zero-order valence-electron chi connectivity index (χ0n) is 16.5. The normalized spacial score (nSPS) is 11.1. The van der Waals surface area contributed by atoms with Crippen LogP contribution in [-0.4, -0.2) is 19.1 Å². The van der Waals surface area contributed by atoms with Crippen LogP contribution in [0.15, 0.2) is 46.9 Å². The van der Waals surface area contributed by atoms with Gasteiger partial charge in [-0.1, -0.05) is 26.8 Å². The molecule has 1 amide bonds. The Balaban J connectivity index is 1.75. The van der Waals surface area contributed by atoms with Gasteiger partial charge < -0.3 is 14.8 Å². The van der Waals surface area contributed by atoms with Crippen LogP contribution in [0.25, 0.3) is 0 Å². The maximum atomic E-state index is 12.0. The fourth-order valence-corrected chi connectivity index (χ4v) is 3.02. The van der Waals surface area contributed by atoms with Crippen molar-refractivity contribution in [3.05, 3.63) is 52.5 Å². The molecule has 2 rings (SSSR count). The van der Waals surface area contributed by atoms with Gasteiger partial charge in [0.15, 0.2) is 0 Å². The molecule has 0 unspecified atom stereocenters. The largest absolute Gasteiger partial charge is 0.494 e. The quantitative estimate of drug-likeness (QED) is 0.523. The van der Waals surface area contributed by atoms with Crippen molar-refractivity contribution in [1.82, 2.24) is 0 Å². The van der Waals surface area contributed by atoms with Crippen LogP contribution in [0.2, 0.25) is 0 Å². The fourth-order valence-electron chi connectivity index (χ4n) is 2.52. The third-order valence-corrected chi connectivity index (χ3v) is 4.67. The van der Waals surface area contributed by atoms with E-state index in [1.165, 1.54) is 5.56 Å². The minimum absolute atomic E-state index is 0.0232. The topological polar surface area (TPSA) is 47.6 Å². The number of rotatable bonds is 8. The van der Waals surface area contributed by atoms with Crippen molar-refractivity contribution in [2.75, 3.05) is 18.5 Å². The van der Waals surface area contributed by atoms with E-state index in [1.54, 1.807) is 0 Å². The van der Waals surface area contributed by atoms with E-state index in [9.17, 15) is 4.79 Å². The van der Waals surface area contributed by atoms with Gasteiger partial charge in [0, 0.05) is 12.1 Å². The summed E-state index contributed by atoms with van der Waals surface area (Å²) in [6.07, 6.45) is 1.06. The molecule has 0 spiro atoms. The Labute approximate surface area is 170 Å². The van der Waals surface area contributed by atoms with Crippen LogP contribution in [0.5, 0.6) is 11.5 Å². The molecule has 1 N–H and O–H groups in total. The second kappa shape index (κ2) is 9.79. The highest BCUT2D eigenvalue weighted by molar-refractivity contribution is 9.10.